The van der Waals surface area contributed by atoms with Crippen LogP contribution >= 0.6 is 0 Å². The van der Waals surface area contributed by atoms with Gasteiger partial charge in [0.05, 0.1) is 12.1 Å². The average Bonchev–Trinajstić information content (AvgIpc) is 1.81. The fourth-order valence-electron chi connectivity index (χ4n) is 1.21. The van der Waals surface area contributed by atoms with E-state index in [1.165, 1.54) is 0 Å². The van der Waals surface area contributed by atoms with Gasteiger partial charge in [0.1, 0.15) is 0 Å². The Bertz CT molecular complexity index is 168. The van der Waals surface area contributed by atoms with Crippen LogP contribution in [-0.4, -0.2) is 23.3 Å². The van der Waals surface area contributed by atoms with Crippen LogP contribution in [0.15, 0.2) is 5.11 Å². The van der Waals surface area contributed by atoms with Crippen molar-refractivity contribution in [3.05, 3.63) is 10.4 Å². The summed E-state index contributed by atoms with van der Waals surface area (Å²) in [7, 11) is 0. The van der Waals surface area contributed by atoms with E-state index in [4.69, 9.17) is 11.3 Å². The molecule has 0 aromatic rings. The monoisotopic (exact) mass is 142 g/mol. The first kappa shape index (κ1) is 7.34. The van der Waals surface area contributed by atoms with Gasteiger partial charge in [-0.05, 0) is 18.4 Å². The van der Waals surface area contributed by atoms with E-state index in [2.05, 4.69) is 10.0 Å². The van der Waals surface area contributed by atoms with Gasteiger partial charge in [-0.3, -0.25) is 0 Å². The first-order chi connectivity index (χ1) is 4.66. The molecule has 1 fully saturated rings. The Morgan fingerprint density at radius 3 is 2.80 bits per heavy atom. The Hall–Kier alpha value is -0.770. The van der Waals surface area contributed by atoms with Crippen molar-refractivity contribution >= 4 is 0 Å². The minimum atomic E-state index is -0.800. The third-order valence-electron chi connectivity index (χ3n) is 1.71. The van der Waals surface area contributed by atoms with Crippen molar-refractivity contribution in [2.45, 2.75) is 24.5 Å². The van der Waals surface area contributed by atoms with Gasteiger partial charge in [0, 0.05) is 11.0 Å². The van der Waals surface area contributed by atoms with Crippen molar-refractivity contribution in [1.29, 1.82) is 0 Å². The third kappa shape index (κ3) is 1.39. The van der Waals surface area contributed by atoms with Crippen LogP contribution in [0.2, 0.25) is 0 Å². The number of hydrogen-bond donors (Lipinski definition) is 2. The summed E-state index contributed by atoms with van der Waals surface area (Å²) in [6.45, 7) is 0.150. The zero-order chi connectivity index (χ0) is 7.61. The normalized spacial score (nSPS) is 38.0. The van der Waals surface area contributed by atoms with Crippen LogP contribution in [0, 0.1) is 0 Å². The summed E-state index contributed by atoms with van der Waals surface area (Å²) in [5.41, 5.74) is 12.6. The van der Waals surface area contributed by atoms with Crippen molar-refractivity contribution < 1.29 is 5.11 Å². The highest BCUT2D eigenvalue weighted by Crippen LogP contribution is 2.30. The maximum atomic E-state index is 9.37. The van der Waals surface area contributed by atoms with Gasteiger partial charge in [0.25, 0.3) is 0 Å². The number of aliphatic hydroxyl groups is 1. The van der Waals surface area contributed by atoms with E-state index in [1.54, 1.807) is 0 Å². The van der Waals surface area contributed by atoms with Crippen molar-refractivity contribution in [3.63, 3.8) is 0 Å². The van der Waals surface area contributed by atoms with Crippen LogP contribution in [0.4, 0.5) is 0 Å². The highest BCUT2D eigenvalue weighted by Gasteiger charge is 2.39. The maximum Gasteiger partial charge on any atom is 0.0733 e. The summed E-state index contributed by atoms with van der Waals surface area (Å²) in [5, 5.41) is 12.6. The molecule has 0 heterocycles. The maximum absolute atomic E-state index is 9.37. The lowest BCUT2D eigenvalue weighted by atomic mass is 9.76. The number of azide groups is 1. The molecule has 0 unspecified atom stereocenters. The second-order valence-electron chi connectivity index (χ2n) is 2.78. The summed E-state index contributed by atoms with van der Waals surface area (Å²) in [5.74, 6) is 0. The zero-order valence-corrected chi connectivity index (χ0v) is 5.56. The number of rotatable bonds is 2. The van der Waals surface area contributed by atoms with E-state index < -0.39 is 5.60 Å². The first-order valence-electron chi connectivity index (χ1n) is 3.15. The topological polar surface area (TPSA) is 95.0 Å². The molecule has 0 aromatic carbocycles. The average molecular weight is 142 g/mol. The van der Waals surface area contributed by atoms with Gasteiger partial charge in [-0.25, -0.2) is 0 Å². The van der Waals surface area contributed by atoms with Gasteiger partial charge < -0.3 is 10.8 Å². The van der Waals surface area contributed by atoms with Crippen molar-refractivity contribution in [2.24, 2.45) is 10.8 Å². The molecule has 3 N–H and O–H groups in total. The second-order valence-corrected chi connectivity index (χ2v) is 2.78. The predicted molar refractivity (Wildman–Crippen MR) is 36.2 cm³/mol. The molecule has 0 radical (unpaired) electrons. The molecule has 0 aliphatic heterocycles. The lowest BCUT2D eigenvalue weighted by Crippen LogP contribution is -2.53. The predicted octanol–water partition coefficient (Wildman–Crippen LogP) is 0.149. The minimum Gasteiger partial charge on any atom is -0.390 e. The van der Waals surface area contributed by atoms with Crippen molar-refractivity contribution in [3.8, 4) is 0 Å². The van der Waals surface area contributed by atoms with E-state index in [9.17, 15) is 5.11 Å². The smallest absolute Gasteiger partial charge is 0.0733 e. The molecule has 1 aliphatic carbocycles. The van der Waals surface area contributed by atoms with Crippen LogP contribution < -0.4 is 5.73 Å². The summed E-state index contributed by atoms with van der Waals surface area (Å²) in [6.07, 6.45) is 1.10. The third-order valence-corrected chi connectivity index (χ3v) is 1.71. The van der Waals surface area contributed by atoms with Gasteiger partial charge in [0.2, 0.25) is 0 Å². The molecule has 0 spiro atoms. The van der Waals surface area contributed by atoms with E-state index >= 15 is 0 Å². The van der Waals surface area contributed by atoms with E-state index in [-0.39, 0.29) is 12.6 Å². The van der Waals surface area contributed by atoms with Gasteiger partial charge in [-0.15, -0.1) is 0 Å². The summed E-state index contributed by atoms with van der Waals surface area (Å²) >= 11 is 0. The molecule has 1 saturated carbocycles. The molecular formula is C5H10N4O. The van der Waals surface area contributed by atoms with Gasteiger partial charge >= 0.3 is 0 Å². The fourth-order valence-corrected chi connectivity index (χ4v) is 1.21. The lowest BCUT2D eigenvalue weighted by molar-refractivity contribution is -0.0373. The largest absolute Gasteiger partial charge is 0.390 e. The van der Waals surface area contributed by atoms with Gasteiger partial charge in [-0.2, -0.15) is 0 Å². The number of hydrogen-bond acceptors (Lipinski definition) is 3. The van der Waals surface area contributed by atoms with Gasteiger partial charge in [-0.1, -0.05) is 5.11 Å². The molecule has 0 atom stereocenters. The molecule has 5 heteroatoms. The molecule has 0 saturated heterocycles. The Kier molecular flexibility index (Phi) is 1.80. The van der Waals surface area contributed by atoms with E-state index in [0.29, 0.717) is 12.8 Å². The van der Waals surface area contributed by atoms with Crippen LogP contribution in [0.25, 0.3) is 10.4 Å². The van der Waals surface area contributed by atoms with Crippen molar-refractivity contribution in [1.82, 2.24) is 0 Å². The van der Waals surface area contributed by atoms with Crippen LogP contribution in [0.3, 0.4) is 0 Å². The molecule has 1 rings (SSSR count). The molecule has 10 heavy (non-hydrogen) atoms. The van der Waals surface area contributed by atoms with Crippen molar-refractivity contribution in [2.75, 3.05) is 6.54 Å². The standard InChI is InChI=1S/C5H10N4O/c6-4-1-5(10,2-4)3-8-9-7/h4,10H,1-3,6H2. The van der Waals surface area contributed by atoms with Crippen LogP contribution in [0.5, 0.6) is 0 Å². The molecule has 5 nitrogen and oxygen atoms in total. The second kappa shape index (κ2) is 2.46. The minimum absolute atomic E-state index is 0.0823. The number of nitrogens with two attached hydrogens (primary N) is 1. The molecule has 0 bridgehead atoms. The molecule has 56 valence electrons. The fraction of sp³-hybridized carbons (Fsp3) is 1.00. The van der Waals surface area contributed by atoms with Crippen LogP contribution in [-0.2, 0) is 0 Å². The molecular weight excluding hydrogens is 132 g/mol. The highest BCUT2D eigenvalue weighted by atomic mass is 16.3. The number of nitrogens with zero attached hydrogens (tertiary/aromatic N) is 3. The van der Waals surface area contributed by atoms with E-state index in [0.717, 1.165) is 0 Å². The Labute approximate surface area is 58.5 Å². The van der Waals surface area contributed by atoms with Gasteiger partial charge in [0.15, 0.2) is 0 Å². The Balaban J connectivity index is 2.34. The lowest BCUT2D eigenvalue weighted by Gasteiger charge is -2.40. The summed E-state index contributed by atoms with van der Waals surface area (Å²) in [4.78, 5) is 2.55. The zero-order valence-electron chi connectivity index (χ0n) is 5.56. The molecule has 1 aliphatic rings. The quantitative estimate of drug-likeness (QED) is 0.326. The summed E-state index contributed by atoms with van der Waals surface area (Å²) < 4.78 is 0. The Morgan fingerprint density at radius 2 is 2.40 bits per heavy atom. The molecule has 0 aromatic heterocycles. The molecule has 0 amide bonds. The van der Waals surface area contributed by atoms with Crippen LogP contribution in [0.1, 0.15) is 12.8 Å². The SMILES string of the molecule is [N-]=[N+]=NCC1(O)CC(N)C1. The first-order valence-corrected chi connectivity index (χ1v) is 3.15. The summed E-state index contributed by atoms with van der Waals surface area (Å²) in [6, 6.07) is 0.0823. The Morgan fingerprint density at radius 1 is 1.80 bits per heavy atom. The van der Waals surface area contributed by atoms with E-state index in [1.807, 2.05) is 0 Å². The highest BCUT2D eigenvalue weighted by molar-refractivity contribution is 4.97.